The third kappa shape index (κ3) is 2.94. The van der Waals surface area contributed by atoms with Crippen LogP contribution in [0.15, 0.2) is 0 Å². The molecule has 1 saturated carbocycles. The summed E-state index contributed by atoms with van der Waals surface area (Å²) < 4.78 is 0. The second-order valence-corrected chi connectivity index (χ2v) is 3.77. The number of nitrogens with two attached hydrogens (primary N) is 1. The summed E-state index contributed by atoms with van der Waals surface area (Å²) in [7, 11) is 0. The highest BCUT2D eigenvalue weighted by molar-refractivity contribution is 5.85. The minimum Gasteiger partial charge on any atom is -0.326 e. The summed E-state index contributed by atoms with van der Waals surface area (Å²) in [5.74, 6) is 0.510. The average Bonchev–Trinajstić information content (AvgIpc) is 2.02. The molecule has 0 unspecified atom stereocenters. The minimum atomic E-state index is 0.463. The van der Waals surface area contributed by atoms with Crippen LogP contribution < -0.4 is 5.73 Å². The molecule has 0 aromatic rings. The van der Waals surface area contributed by atoms with E-state index < -0.39 is 0 Å². The van der Waals surface area contributed by atoms with Crippen molar-refractivity contribution < 1.29 is 0 Å². The maximum Gasteiger partial charge on any atom is 0.0310 e. The van der Waals surface area contributed by atoms with Crippen molar-refractivity contribution in [1.82, 2.24) is 0 Å². The zero-order chi connectivity index (χ0) is 8.81. The van der Waals surface area contributed by atoms with Gasteiger partial charge < -0.3 is 11.1 Å². The maximum absolute atomic E-state index is 7.68. The van der Waals surface area contributed by atoms with E-state index in [9.17, 15) is 0 Å². The fourth-order valence-corrected chi connectivity index (χ4v) is 1.97. The van der Waals surface area contributed by atoms with Crippen LogP contribution in [-0.2, 0) is 0 Å². The lowest BCUT2D eigenvalue weighted by molar-refractivity contribution is 0.449. The van der Waals surface area contributed by atoms with E-state index in [1.54, 1.807) is 0 Å². The number of nitrogens with one attached hydrogen (secondary N) is 1. The molecule has 0 aliphatic heterocycles. The van der Waals surface area contributed by atoms with Gasteiger partial charge in [-0.1, -0.05) is 32.1 Å². The predicted octanol–water partition coefficient (Wildman–Crippen LogP) is 2.33. The summed E-state index contributed by atoms with van der Waals surface area (Å²) in [6.07, 6.45) is 9.11. The average molecular weight is 168 g/mol. The van der Waals surface area contributed by atoms with Gasteiger partial charge in [-0.05, 0) is 18.8 Å². The molecule has 1 aliphatic carbocycles. The van der Waals surface area contributed by atoms with Gasteiger partial charge in [0.25, 0.3) is 0 Å². The van der Waals surface area contributed by atoms with Crippen LogP contribution in [0.4, 0.5) is 0 Å². The van der Waals surface area contributed by atoms with E-state index in [2.05, 4.69) is 0 Å². The number of hydrogen-bond donors (Lipinski definition) is 2. The van der Waals surface area contributed by atoms with Gasteiger partial charge in [-0.3, -0.25) is 0 Å². The second-order valence-electron chi connectivity index (χ2n) is 3.77. The van der Waals surface area contributed by atoms with Crippen LogP contribution in [0.1, 0.15) is 44.9 Å². The molecule has 0 atom stereocenters. The van der Waals surface area contributed by atoms with Crippen LogP contribution in [0, 0.1) is 11.3 Å². The van der Waals surface area contributed by atoms with E-state index in [0.29, 0.717) is 12.5 Å². The monoisotopic (exact) mass is 168 g/mol. The largest absolute Gasteiger partial charge is 0.326 e. The second kappa shape index (κ2) is 5.31. The number of hydrogen-bond acceptors (Lipinski definition) is 2. The Morgan fingerprint density at radius 2 is 1.58 bits per heavy atom. The van der Waals surface area contributed by atoms with Crippen molar-refractivity contribution in [2.75, 3.05) is 6.54 Å². The van der Waals surface area contributed by atoms with Crippen LogP contribution in [0.5, 0.6) is 0 Å². The molecular formula is C10H20N2. The molecule has 1 rings (SSSR count). The van der Waals surface area contributed by atoms with Crippen molar-refractivity contribution in [3.63, 3.8) is 0 Å². The first-order chi connectivity index (χ1) is 5.84. The van der Waals surface area contributed by atoms with Crippen molar-refractivity contribution in [3.05, 3.63) is 0 Å². The third-order valence-electron chi connectivity index (χ3n) is 2.82. The van der Waals surface area contributed by atoms with Gasteiger partial charge in [-0.25, -0.2) is 0 Å². The molecular weight excluding hydrogens is 148 g/mol. The molecule has 0 heterocycles. The zero-order valence-electron chi connectivity index (χ0n) is 7.81. The molecule has 0 aromatic carbocycles. The van der Waals surface area contributed by atoms with Gasteiger partial charge in [-0.15, -0.1) is 0 Å². The molecule has 0 saturated heterocycles. The summed E-state index contributed by atoms with van der Waals surface area (Å²) >= 11 is 0. The van der Waals surface area contributed by atoms with Crippen molar-refractivity contribution in [2.45, 2.75) is 44.9 Å². The lowest BCUT2D eigenvalue weighted by Crippen LogP contribution is -2.23. The topological polar surface area (TPSA) is 49.9 Å². The molecule has 70 valence electrons. The minimum absolute atomic E-state index is 0.463. The van der Waals surface area contributed by atoms with E-state index in [0.717, 1.165) is 5.71 Å². The molecule has 0 bridgehead atoms. The summed E-state index contributed by atoms with van der Waals surface area (Å²) in [6.45, 7) is 0.463. The molecule has 1 aliphatic rings. The van der Waals surface area contributed by atoms with E-state index in [1.807, 2.05) is 0 Å². The summed E-state index contributed by atoms with van der Waals surface area (Å²) in [6, 6.07) is 0. The summed E-state index contributed by atoms with van der Waals surface area (Å²) in [4.78, 5) is 0. The number of rotatable bonds is 2. The van der Waals surface area contributed by atoms with E-state index in [1.165, 1.54) is 44.9 Å². The SMILES string of the molecule is N=C(CN)C1CCCCCCC1. The van der Waals surface area contributed by atoms with Crippen LogP contribution >= 0.6 is 0 Å². The van der Waals surface area contributed by atoms with Crippen LogP contribution in [0.25, 0.3) is 0 Å². The van der Waals surface area contributed by atoms with Crippen LogP contribution in [0.3, 0.4) is 0 Å². The van der Waals surface area contributed by atoms with Crippen molar-refractivity contribution in [3.8, 4) is 0 Å². The Balaban J connectivity index is 2.34. The third-order valence-corrected chi connectivity index (χ3v) is 2.82. The van der Waals surface area contributed by atoms with Crippen molar-refractivity contribution in [1.29, 1.82) is 5.41 Å². The fraction of sp³-hybridized carbons (Fsp3) is 0.900. The van der Waals surface area contributed by atoms with Crippen molar-refractivity contribution in [2.24, 2.45) is 11.7 Å². The molecule has 0 aromatic heterocycles. The standard InChI is InChI=1S/C10H20N2/c11-8-10(12)9-6-4-2-1-3-5-7-9/h9,12H,1-8,11H2. The zero-order valence-corrected chi connectivity index (χ0v) is 7.81. The highest BCUT2D eigenvalue weighted by Gasteiger charge is 2.14. The van der Waals surface area contributed by atoms with Gasteiger partial charge in [0.15, 0.2) is 0 Å². The highest BCUT2D eigenvalue weighted by atomic mass is 14.6. The Bertz CT molecular complexity index is 135. The van der Waals surface area contributed by atoms with Crippen molar-refractivity contribution >= 4 is 5.71 Å². The normalized spacial score (nSPS) is 21.4. The molecule has 0 radical (unpaired) electrons. The lowest BCUT2D eigenvalue weighted by Gasteiger charge is -2.19. The Kier molecular flexibility index (Phi) is 4.30. The molecule has 2 heteroatoms. The lowest BCUT2D eigenvalue weighted by atomic mass is 9.88. The van der Waals surface area contributed by atoms with E-state index in [-0.39, 0.29) is 0 Å². The molecule has 1 fully saturated rings. The van der Waals surface area contributed by atoms with Gasteiger partial charge in [0.2, 0.25) is 0 Å². The van der Waals surface area contributed by atoms with E-state index in [4.69, 9.17) is 11.1 Å². The van der Waals surface area contributed by atoms with Gasteiger partial charge in [0.1, 0.15) is 0 Å². The van der Waals surface area contributed by atoms with Crippen LogP contribution in [-0.4, -0.2) is 12.3 Å². The van der Waals surface area contributed by atoms with E-state index >= 15 is 0 Å². The molecule has 3 N–H and O–H groups in total. The summed E-state index contributed by atoms with van der Waals surface area (Å²) in [5, 5.41) is 7.68. The van der Waals surface area contributed by atoms with Gasteiger partial charge >= 0.3 is 0 Å². The fourth-order valence-electron chi connectivity index (χ4n) is 1.97. The predicted molar refractivity (Wildman–Crippen MR) is 52.6 cm³/mol. The molecule has 2 nitrogen and oxygen atoms in total. The Labute approximate surface area is 75.0 Å². The Morgan fingerprint density at radius 1 is 1.08 bits per heavy atom. The van der Waals surface area contributed by atoms with Crippen LogP contribution in [0.2, 0.25) is 0 Å². The highest BCUT2D eigenvalue weighted by Crippen LogP contribution is 2.22. The maximum atomic E-state index is 7.68. The first kappa shape index (κ1) is 9.72. The van der Waals surface area contributed by atoms with Gasteiger partial charge in [-0.2, -0.15) is 0 Å². The summed E-state index contributed by atoms with van der Waals surface area (Å²) in [5.41, 5.74) is 6.24. The quantitative estimate of drug-likeness (QED) is 0.611. The Hall–Kier alpha value is -0.370. The Morgan fingerprint density at radius 3 is 2.08 bits per heavy atom. The molecule has 0 spiro atoms. The van der Waals surface area contributed by atoms with Gasteiger partial charge in [0.05, 0.1) is 0 Å². The van der Waals surface area contributed by atoms with Gasteiger partial charge in [0, 0.05) is 12.3 Å². The smallest absolute Gasteiger partial charge is 0.0310 e. The first-order valence-electron chi connectivity index (χ1n) is 5.12. The first-order valence-corrected chi connectivity index (χ1v) is 5.12. The molecule has 0 amide bonds. The molecule has 12 heavy (non-hydrogen) atoms.